The fourth-order valence-corrected chi connectivity index (χ4v) is 5.96. The molecule has 2 aromatic heterocycles. The third-order valence-electron chi connectivity index (χ3n) is 8.04. The molecule has 37 heavy (non-hydrogen) atoms. The SMILES string of the molecule is CC[C@@]1(O)C(=O)OCc2c1cc1n(c2=O)Cc2c-1nc1cc(F)c(C)cc1c2[C@H](C)N1C[C@@H](O)CC1=O. The molecule has 9 nitrogen and oxygen atoms in total. The molecule has 2 N–H and O–H groups in total. The average Bonchev–Trinajstić information content (AvgIpc) is 3.40. The number of esters is 1. The minimum Gasteiger partial charge on any atom is -0.458 e. The highest BCUT2D eigenvalue weighted by molar-refractivity contribution is 5.91. The lowest BCUT2D eigenvalue weighted by Gasteiger charge is -2.31. The van der Waals surface area contributed by atoms with Crippen LogP contribution in [0.4, 0.5) is 4.39 Å². The maximum atomic E-state index is 14.6. The summed E-state index contributed by atoms with van der Waals surface area (Å²) in [5.74, 6) is -1.44. The first kappa shape index (κ1) is 23.7. The quantitative estimate of drug-likeness (QED) is 0.408. The highest BCUT2D eigenvalue weighted by atomic mass is 19.1. The van der Waals surface area contributed by atoms with Gasteiger partial charge in [-0.05, 0) is 43.5 Å². The normalized spacial score (nSPS) is 23.2. The molecule has 3 aliphatic heterocycles. The number of fused-ring (bicyclic) bond motifs is 5. The lowest BCUT2D eigenvalue weighted by molar-refractivity contribution is -0.172. The second-order valence-electron chi connectivity index (χ2n) is 10.2. The van der Waals surface area contributed by atoms with Gasteiger partial charge < -0.3 is 24.4 Å². The van der Waals surface area contributed by atoms with Crippen molar-refractivity contribution in [3.63, 3.8) is 0 Å². The zero-order valence-corrected chi connectivity index (χ0v) is 20.7. The summed E-state index contributed by atoms with van der Waals surface area (Å²) >= 11 is 0. The van der Waals surface area contributed by atoms with Crippen LogP contribution in [0.2, 0.25) is 0 Å². The fraction of sp³-hybridized carbons (Fsp3) is 0.407. The topological polar surface area (TPSA) is 122 Å². The monoisotopic (exact) mass is 507 g/mol. The van der Waals surface area contributed by atoms with E-state index < -0.39 is 35.1 Å². The number of nitrogens with zero attached hydrogens (tertiary/aromatic N) is 3. The minimum absolute atomic E-state index is 0.0197. The number of rotatable bonds is 3. The number of β-amino-alcohol motifs (C(OH)–C–C–N with tert-alkyl or cyclic N) is 1. The Bertz CT molecular complexity index is 1600. The predicted molar refractivity (Wildman–Crippen MR) is 130 cm³/mol. The number of aromatic nitrogens is 2. The van der Waals surface area contributed by atoms with Crippen LogP contribution in [0.25, 0.3) is 22.3 Å². The van der Waals surface area contributed by atoms with Crippen LogP contribution in [-0.2, 0) is 33.1 Å². The highest BCUT2D eigenvalue weighted by Crippen LogP contribution is 2.43. The third kappa shape index (κ3) is 3.21. The molecule has 0 saturated carbocycles. The van der Waals surface area contributed by atoms with Gasteiger partial charge in [0, 0.05) is 29.1 Å². The number of cyclic esters (lactones) is 1. The van der Waals surface area contributed by atoms with Crippen molar-refractivity contribution in [2.75, 3.05) is 6.54 Å². The van der Waals surface area contributed by atoms with Crippen molar-refractivity contribution in [2.45, 2.75) is 64.5 Å². The summed E-state index contributed by atoms with van der Waals surface area (Å²) in [5.41, 5.74) is 1.09. The van der Waals surface area contributed by atoms with Gasteiger partial charge in [0.05, 0.1) is 47.6 Å². The maximum Gasteiger partial charge on any atom is 0.343 e. The van der Waals surface area contributed by atoms with Crippen LogP contribution in [0.3, 0.4) is 0 Å². The van der Waals surface area contributed by atoms with Crippen molar-refractivity contribution in [3.8, 4) is 11.4 Å². The van der Waals surface area contributed by atoms with Gasteiger partial charge in [0.2, 0.25) is 5.91 Å². The smallest absolute Gasteiger partial charge is 0.343 e. The molecule has 3 aliphatic rings. The Balaban J connectivity index is 1.64. The van der Waals surface area contributed by atoms with Crippen molar-refractivity contribution < 1.29 is 28.9 Å². The van der Waals surface area contributed by atoms with E-state index in [9.17, 15) is 29.0 Å². The van der Waals surface area contributed by atoms with Gasteiger partial charge in [-0.3, -0.25) is 9.59 Å². The molecule has 192 valence electrons. The number of carbonyl (C=O) groups is 2. The Labute approximate surface area is 211 Å². The van der Waals surface area contributed by atoms with Crippen molar-refractivity contribution in [3.05, 3.63) is 62.2 Å². The van der Waals surface area contributed by atoms with E-state index in [0.29, 0.717) is 33.4 Å². The molecule has 5 heterocycles. The first-order chi connectivity index (χ1) is 17.5. The van der Waals surface area contributed by atoms with Crippen molar-refractivity contribution in [2.24, 2.45) is 0 Å². The fourth-order valence-electron chi connectivity index (χ4n) is 5.96. The van der Waals surface area contributed by atoms with Gasteiger partial charge in [0.15, 0.2) is 5.60 Å². The molecular formula is C27H26FN3O6. The summed E-state index contributed by atoms with van der Waals surface area (Å²) in [6.07, 6.45) is -0.725. The van der Waals surface area contributed by atoms with E-state index in [0.717, 1.165) is 5.56 Å². The largest absolute Gasteiger partial charge is 0.458 e. The summed E-state index contributed by atoms with van der Waals surface area (Å²) in [6.45, 7) is 5.21. The Morgan fingerprint density at radius 2 is 2.00 bits per heavy atom. The van der Waals surface area contributed by atoms with E-state index in [1.54, 1.807) is 30.9 Å². The van der Waals surface area contributed by atoms with Crippen LogP contribution in [0, 0.1) is 12.7 Å². The van der Waals surface area contributed by atoms with E-state index in [1.165, 1.54) is 10.6 Å². The van der Waals surface area contributed by atoms with Crippen molar-refractivity contribution in [1.29, 1.82) is 0 Å². The summed E-state index contributed by atoms with van der Waals surface area (Å²) in [6, 6.07) is 4.15. The van der Waals surface area contributed by atoms with Gasteiger partial charge in [-0.2, -0.15) is 0 Å². The van der Waals surface area contributed by atoms with Crippen molar-refractivity contribution in [1.82, 2.24) is 14.5 Å². The molecule has 0 bridgehead atoms. The van der Waals surface area contributed by atoms with Gasteiger partial charge in [-0.15, -0.1) is 0 Å². The van der Waals surface area contributed by atoms with Crippen LogP contribution in [-0.4, -0.2) is 49.2 Å². The molecule has 0 spiro atoms. The lowest BCUT2D eigenvalue weighted by Crippen LogP contribution is -2.44. The third-order valence-corrected chi connectivity index (χ3v) is 8.04. The second kappa shape index (κ2) is 7.93. The van der Waals surface area contributed by atoms with Crippen LogP contribution in [0.5, 0.6) is 0 Å². The Kier molecular flexibility index (Phi) is 5.09. The minimum atomic E-state index is -1.96. The molecule has 10 heteroatoms. The van der Waals surface area contributed by atoms with Crippen LogP contribution in [0.1, 0.15) is 60.5 Å². The number of aryl methyl sites for hydroxylation is 1. The molecule has 0 radical (unpaired) electrons. The summed E-state index contributed by atoms with van der Waals surface area (Å²) in [4.78, 5) is 45.1. The van der Waals surface area contributed by atoms with E-state index in [2.05, 4.69) is 0 Å². The molecule has 1 aromatic carbocycles. The molecular weight excluding hydrogens is 481 g/mol. The zero-order chi connectivity index (χ0) is 26.4. The molecule has 6 rings (SSSR count). The number of ether oxygens (including phenoxy) is 1. The maximum absolute atomic E-state index is 14.6. The number of pyridine rings is 2. The Hall–Kier alpha value is -3.63. The standard InChI is InChI=1S/C27H26FN3O6/c1-4-27(36)18-7-21-24-16(10-31(21)25(34)17(18)11-37-26(27)35)23(13(3)30-9-14(32)6-22(30)33)15-5-12(2)19(28)8-20(15)29-24/h5,7-8,13-14,32,36H,4,6,9-11H2,1-3H3/t13-,14-,27-/m0/s1. The van der Waals surface area contributed by atoms with E-state index in [-0.39, 0.29) is 49.6 Å². The Morgan fingerprint density at radius 3 is 2.68 bits per heavy atom. The van der Waals surface area contributed by atoms with Crippen LogP contribution < -0.4 is 5.56 Å². The summed E-state index contributed by atoms with van der Waals surface area (Å²) < 4.78 is 21.3. The average molecular weight is 508 g/mol. The summed E-state index contributed by atoms with van der Waals surface area (Å²) in [7, 11) is 0. The predicted octanol–water partition coefficient (Wildman–Crippen LogP) is 2.18. The van der Waals surface area contributed by atoms with Crippen molar-refractivity contribution >= 4 is 22.8 Å². The highest BCUT2D eigenvalue weighted by Gasteiger charge is 2.46. The number of hydrogen-bond donors (Lipinski definition) is 2. The lowest BCUT2D eigenvalue weighted by atomic mass is 9.86. The molecule has 1 saturated heterocycles. The zero-order valence-electron chi connectivity index (χ0n) is 20.7. The second-order valence-corrected chi connectivity index (χ2v) is 10.2. The number of aliphatic hydroxyl groups excluding tert-OH is 1. The molecule has 0 unspecified atom stereocenters. The molecule has 1 amide bonds. The first-order valence-electron chi connectivity index (χ1n) is 12.3. The first-order valence-corrected chi connectivity index (χ1v) is 12.3. The van der Waals surface area contributed by atoms with Gasteiger partial charge in [-0.1, -0.05) is 6.92 Å². The summed E-state index contributed by atoms with van der Waals surface area (Å²) in [5, 5.41) is 21.9. The number of amides is 1. The molecule has 3 atom stereocenters. The van der Waals surface area contributed by atoms with E-state index >= 15 is 0 Å². The number of hydrogen-bond acceptors (Lipinski definition) is 7. The molecule has 0 aliphatic carbocycles. The van der Waals surface area contributed by atoms with Gasteiger partial charge in [0.1, 0.15) is 12.4 Å². The number of benzene rings is 1. The number of likely N-dealkylation sites (tertiary alicyclic amines) is 1. The molecule has 3 aromatic rings. The number of carbonyl (C=O) groups excluding carboxylic acids is 2. The van der Waals surface area contributed by atoms with Gasteiger partial charge in [0.25, 0.3) is 5.56 Å². The van der Waals surface area contributed by atoms with Crippen LogP contribution in [0.15, 0.2) is 23.0 Å². The van der Waals surface area contributed by atoms with Gasteiger partial charge in [-0.25, -0.2) is 14.2 Å². The Morgan fingerprint density at radius 1 is 1.24 bits per heavy atom. The van der Waals surface area contributed by atoms with E-state index in [4.69, 9.17) is 9.72 Å². The number of halogens is 1. The van der Waals surface area contributed by atoms with Crippen LogP contribution >= 0.6 is 0 Å². The molecule has 1 fully saturated rings. The number of aliphatic hydroxyl groups is 2. The van der Waals surface area contributed by atoms with E-state index in [1.807, 2.05) is 6.92 Å². The van der Waals surface area contributed by atoms with Gasteiger partial charge >= 0.3 is 5.97 Å².